The van der Waals surface area contributed by atoms with Crippen LogP contribution >= 0.6 is 0 Å². The van der Waals surface area contributed by atoms with Gasteiger partial charge in [-0.05, 0) is 32.3 Å². The third-order valence-electron chi connectivity index (χ3n) is 2.96. The second-order valence-corrected chi connectivity index (χ2v) is 5.22. The van der Waals surface area contributed by atoms with E-state index in [9.17, 15) is 0 Å². The zero-order chi connectivity index (χ0) is 17.5. The molecule has 0 saturated carbocycles. The second kappa shape index (κ2) is 14.4. The molecule has 124 valence electrons. The van der Waals surface area contributed by atoms with Gasteiger partial charge in [0, 0.05) is 0 Å². The highest BCUT2D eigenvalue weighted by molar-refractivity contribution is 5.23. The summed E-state index contributed by atoms with van der Waals surface area (Å²) in [5, 5.41) is 0. The molecule has 0 aromatic heterocycles. The van der Waals surface area contributed by atoms with Crippen LogP contribution in [0.15, 0.2) is 48.5 Å². The molecule has 2 aromatic carbocycles. The van der Waals surface area contributed by atoms with Gasteiger partial charge in [-0.2, -0.15) is 0 Å². The Morgan fingerprint density at radius 3 is 0.955 bits per heavy atom. The molecule has 0 aliphatic heterocycles. The van der Waals surface area contributed by atoms with Gasteiger partial charge in [0.2, 0.25) is 0 Å². The van der Waals surface area contributed by atoms with E-state index in [1.165, 1.54) is 22.3 Å². The monoisotopic (exact) mass is 300 g/mol. The van der Waals surface area contributed by atoms with Crippen LogP contribution in [0.3, 0.4) is 0 Å². The third kappa shape index (κ3) is 11.1. The van der Waals surface area contributed by atoms with E-state index in [1.807, 2.05) is 27.7 Å². The Hall–Kier alpha value is -1.56. The first-order chi connectivity index (χ1) is 10.5. The maximum atomic E-state index is 2.21. The first kappa shape index (κ1) is 22.7. The van der Waals surface area contributed by atoms with Crippen LogP contribution in [0.2, 0.25) is 0 Å². The summed E-state index contributed by atoms with van der Waals surface area (Å²) >= 11 is 0. The fourth-order valence-electron chi connectivity index (χ4n) is 1.59. The van der Waals surface area contributed by atoms with Gasteiger partial charge < -0.3 is 0 Å². The normalized spacial score (nSPS) is 8.64. The summed E-state index contributed by atoms with van der Waals surface area (Å²) in [6.07, 6.45) is 0. The highest BCUT2D eigenvalue weighted by Crippen LogP contribution is 2.13. The van der Waals surface area contributed by atoms with Gasteiger partial charge >= 0.3 is 0 Å². The standard InChI is InChI=1S/C10H14.C8H10.2C2H6/c1-8(2)10-6-4-9(3)5-7-10;1-7-3-5-8(2)6-4-7;2*1-2/h4-8H,1-3H3;3-6H,1-2H3;2*1-2H3. The molecular formula is C22H36. The van der Waals surface area contributed by atoms with Crippen molar-refractivity contribution in [1.29, 1.82) is 0 Å². The minimum absolute atomic E-state index is 0.653. The Labute approximate surface area is 139 Å². The molecule has 0 bridgehead atoms. The average molecular weight is 301 g/mol. The molecule has 0 fully saturated rings. The van der Waals surface area contributed by atoms with Gasteiger partial charge in [-0.1, -0.05) is 107 Å². The van der Waals surface area contributed by atoms with Gasteiger partial charge in [0.15, 0.2) is 0 Å². The van der Waals surface area contributed by atoms with Crippen LogP contribution in [-0.2, 0) is 0 Å². The second-order valence-electron chi connectivity index (χ2n) is 5.22. The minimum Gasteiger partial charge on any atom is -0.0683 e. The number of hydrogen-bond acceptors (Lipinski definition) is 0. The molecule has 22 heavy (non-hydrogen) atoms. The predicted molar refractivity (Wildman–Crippen MR) is 104 cm³/mol. The van der Waals surface area contributed by atoms with E-state index in [2.05, 4.69) is 83.1 Å². The lowest BCUT2D eigenvalue weighted by Crippen LogP contribution is -1.85. The van der Waals surface area contributed by atoms with Crippen molar-refractivity contribution in [3.05, 3.63) is 70.8 Å². The van der Waals surface area contributed by atoms with Gasteiger partial charge in [-0.3, -0.25) is 0 Å². The largest absolute Gasteiger partial charge is 0.0683 e. The summed E-state index contributed by atoms with van der Waals surface area (Å²) in [4.78, 5) is 0. The Balaban J connectivity index is 0. The Bertz CT molecular complexity index is 425. The number of rotatable bonds is 1. The van der Waals surface area contributed by atoms with Crippen molar-refractivity contribution in [2.24, 2.45) is 0 Å². The van der Waals surface area contributed by atoms with Crippen LogP contribution in [0.4, 0.5) is 0 Å². The molecule has 0 saturated heterocycles. The van der Waals surface area contributed by atoms with Crippen molar-refractivity contribution in [2.75, 3.05) is 0 Å². The van der Waals surface area contributed by atoms with Crippen molar-refractivity contribution in [2.45, 2.75) is 68.2 Å². The quantitative estimate of drug-likeness (QED) is 0.512. The summed E-state index contributed by atoms with van der Waals surface area (Å²) in [6, 6.07) is 17.2. The molecule has 0 nitrogen and oxygen atoms in total. The van der Waals surface area contributed by atoms with Crippen LogP contribution in [0.1, 0.15) is 69.7 Å². The van der Waals surface area contributed by atoms with Crippen LogP contribution in [-0.4, -0.2) is 0 Å². The summed E-state index contributed by atoms with van der Waals surface area (Å²) < 4.78 is 0. The van der Waals surface area contributed by atoms with Crippen molar-refractivity contribution >= 4 is 0 Å². The van der Waals surface area contributed by atoms with Crippen molar-refractivity contribution in [3.63, 3.8) is 0 Å². The maximum absolute atomic E-state index is 2.21. The molecule has 0 N–H and O–H groups in total. The molecule has 0 heterocycles. The number of aryl methyl sites for hydroxylation is 3. The first-order valence-corrected chi connectivity index (χ1v) is 8.59. The fraction of sp³-hybridized carbons (Fsp3) is 0.455. The highest BCUT2D eigenvalue weighted by atomic mass is 14.0. The average Bonchev–Trinajstić information content (AvgIpc) is 2.55. The lowest BCUT2D eigenvalue weighted by Gasteiger charge is -2.03. The molecule has 0 radical (unpaired) electrons. The molecule has 2 rings (SSSR count). The molecular weight excluding hydrogens is 264 g/mol. The molecule has 0 amide bonds. The molecule has 0 heteroatoms. The van der Waals surface area contributed by atoms with E-state index in [-0.39, 0.29) is 0 Å². The van der Waals surface area contributed by atoms with Crippen LogP contribution < -0.4 is 0 Å². The molecule has 0 aliphatic carbocycles. The minimum atomic E-state index is 0.653. The van der Waals surface area contributed by atoms with Crippen LogP contribution in [0, 0.1) is 20.8 Å². The smallest absolute Gasteiger partial charge is 0.0219 e. The van der Waals surface area contributed by atoms with Crippen molar-refractivity contribution < 1.29 is 0 Å². The summed E-state index contributed by atoms with van der Waals surface area (Å²) in [5.74, 6) is 0.653. The molecule has 2 aromatic rings. The van der Waals surface area contributed by atoms with E-state index in [0.29, 0.717) is 5.92 Å². The SMILES string of the molecule is CC.CC.Cc1ccc(C(C)C)cc1.Cc1ccc(C)cc1. The van der Waals surface area contributed by atoms with Crippen molar-refractivity contribution in [1.82, 2.24) is 0 Å². The Morgan fingerprint density at radius 1 is 0.500 bits per heavy atom. The Kier molecular flexibility index (Phi) is 14.8. The van der Waals surface area contributed by atoms with Crippen molar-refractivity contribution in [3.8, 4) is 0 Å². The van der Waals surface area contributed by atoms with Gasteiger partial charge in [0.05, 0.1) is 0 Å². The summed E-state index contributed by atoms with van der Waals surface area (Å²) in [7, 11) is 0. The fourth-order valence-corrected chi connectivity index (χ4v) is 1.59. The van der Waals surface area contributed by atoms with E-state index in [0.717, 1.165) is 0 Å². The van der Waals surface area contributed by atoms with E-state index in [1.54, 1.807) is 0 Å². The Morgan fingerprint density at radius 2 is 0.727 bits per heavy atom. The molecule has 0 unspecified atom stereocenters. The summed E-state index contributed by atoms with van der Waals surface area (Å²) in [6.45, 7) is 18.7. The molecule has 0 atom stereocenters. The van der Waals surface area contributed by atoms with Crippen LogP contribution in [0.25, 0.3) is 0 Å². The first-order valence-electron chi connectivity index (χ1n) is 8.59. The maximum Gasteiger partial charge on any atom is -0.0219 e. The molecule has 0 spiro atoms. The van der Waals surface area contributed by atoms with E-state index < -0.39 is 0 Å². The van der Waals surface area contributed by atoms with Gasteiger partial charge in [-0.15, -0.1) is 0 Å². The zero-order valence-electron chi connectivity index (χ0n) is 16.2. The highest BCUT2D eigenvalue weighted by Gasteiger charge is 1.95. The zero-order valence-corrected chi connectivity index (χ0v) is 16.2. The number of hydrogen-bond donors (Lipinski definition) is 0. The predicted octanol–water partition coefficient (Wildman–Crippen LogP) is 7.47. The van der Waals surface area contributed by atoms with E-state index in [4.69, 9.17) is 0 Å². The lowest BCUT2D eigenvalue weighted by atomic mass is 10.0. The van der Waals surface area contributed by atoms with Gasteiger partial charge in [0.1, 0.15) is 0 Å². The van der Waals surface area contributed by atoms with Gasteiger partial charge in [0.25, 0.3) is 0 Å². The third-order valence-corrected chi connectivity index (χ3v) is 2.96. The summed E-state index contributed by atoms with van der Waals surface area (Å²) in [5.41, 5.74) is 5.42. The van der Waals surface area contributed by atoms with Crippen LogP contribution in [0.5, 0.6) is 0 Å². The lowest BCUT2D eigenvalue weighted by molar-refractivity contribution is 0.866. The van der Waals surface area contributed by atoms with E-state index >= 15 is 0 Å². The topological polar surface area (TPSA) is 0 Å². The molecule has 0 aliphatic rings. The number of benzene rings is 2. The van der Waals surface area contributed by atoms with Gasteiger partial charge in [-0.25, -0.2) is 0 Å².